The first-order valence-electron chi connectivity index (χ1n) is 6.52. The summed E-state index contributed by atoms with van der Waals surface area (Å²) < 4.78 is 22.7. The average Bonchev–Trinajstić information content (AvgIpc) is 2.34. The average molecular weight is 286 g/mol. The van der Waals surface area contributed by atoms with Crippen LogP contribution in [0.4, 0.5) is 0 Å². The Kier molecular flexibility index (Phi) is 6.84. The van der Waals surface area contributed by atoms with E-state index in [4.69, 9.17) is 8.83 Å². The van der Waals surface area contributed by atoms with Crippen molar-refractivity contribution in [3.05, 3.63) is 0 Å². The second-order valence-electron chi connectivity index (χ2n) is 4.51. The van der Waals surface area contributed by atoms with Crippen LogP contribution < -0.4 is 0 Å². The van der Waals surface area contributed by atoms with Gasteiger partial charge in [0.05, 0.1) is 0 Å². The van der Waals surface area contributed by atoms with Gasteiger partial charge in [-0.15, -0.1) is 0 Å². The van der Waals surface area contributed by atoms with E-state index in [1.807, 2.05) is 34.6 Å². The first-order chi connectivity index (χ1) is 7.82. The predicted molar refractivity (Wildman–Crippen MR) is 76.2 cm³/mol. The second kappa shape index (κ2) is 6.63. The summed E-state index contributed by atoms with van der Waals surface area (Å²) in [7, 11) is -3.90. The van der Waals surface area contributed by atoms with E-state index in [9.17, 15) is 9.46 Å². The van der Waals surface area contributed by atoms with Crippen LogP contribution in [-0.4, -0.2) is 36.1 Å². The summed E-state index contributed by atoms with van der Waals surface area (Å²) in [5.74, 6) is 0. The van der Waals surface area contributed by atoms with Crippen molar-refractivity contribution in [3.63, 3.8) is 0 Å². The molecule has 4 nitrogen and oxygen atoms in total. The van der Waals surface area contributed by atoms with Crippen molar-refractivity contribution in [3.8, 4) is 0 Å². The van der Waals surface area contributed by atoms with Gasteiger partial charge in [0.15, 0.2) is 0 Å². The maximum atomic E-state index is 12.0. The van der Waals surface area contributed by atoms with E-state index in [2.05, 4.69) is 0 Å². The second-order valence-corrected chi connectivity index (χ2v) is 12.6. The Morgan fingerprint density at radius 1 is 1.00 bits per heavy atom. The zero-order valence-corrected chi connectivity index (χ0v) is 13.6. The molecule has 0 aromatic carbocycles. The molecule has 1 atom stereocenters. The molecule has 1 N–H and O–H groups in total. The molecule has 6 heteroatoms. The quantitative estimate of drug-likeness (QED) is 0.649. The van der Waals surface area contributed by atoms with Crippen molar-refractivity contribution in [1.29, 1.82) is 0 Å². The van der Waals surface area contributed by atoms with Gasteiger partial charge in [-0.05, 0) is 0 Å². The summed E-state index contributed by atoms with van der Waals surface area (Å²) in [5.41, 5.74) is 0. The summed E-state index contributed by atoms with van der Waals surface area (Å²) in [5, 5.41) is 0. The van der Waals surface area contributed by atoms with Gasteiger partial charge in [-0.3, -0.25) is 0 Å². The summed E-state index contributed by atoms with van der Waals surface area (Å²) in [6.45, 7) is 7.82. The van der Waals surface area contributed by atoms with Crippen LogP contribution >= 0.6 is 14.7 Å². The number of hydrogen-bond acceptors (Lipinski definition) is 3. The molecule has 17 heavy (non-hydrogen) atoms. The molecule has 0 saturated carbocycles. The summed E-state index contributed by atoms with van der Waals surface area (Å²) in [6.07, 6.45) is 4.02. The van der Waals surface area contributed by atoms with Crippen LogP contribution in [0.25, 0.3) is 0 Å². The van der Waals surface area contributed by atoms with E-state index >= 15 is 0 Å². The van der Waals surface area contributed by atoms with Crippen LogP contribution in [0.3, 0.4) is 0 Å². The molecule has 0 spiro atoms. The number of phosphoric acid groups is 1. The van der Waals surface area contributed by atoms with Crippen molar-refractivity contribution in [1.82, 2.24) is 0 Å². The Bertz CT molecular complexity index is 253. The van der Waals surface area contributed by atoms with Crippen LogP contribution in [0.1, 0.15) is 41.0 Å². The van der Waals surface area contributed by atoms with Crippen LogP contribution in [0, 0.1) is 0 Å². The van der Waals surface area contributed by atoms with Gasteiger partial charge in [-0.1, -0.05) is 0 Å². The molecule has 0 amide bonds. The van der Waals surface area contributed by atoms with Gasteiger partial charge in [0.2, 0.25) is 0 Å². The molecule has 0 radical (unpaired) electrons. The molecule has 0 bridgehead atoms. The Labute approximate surface area is 106 Å². The van der Waals surface area contributed by atoms with Gasteiger partial charge < -0.3 is 0 Å². The van der Waals surface area contributed by atoms with Crippen LogP contribution in [0.2, 0.25) is 0 Å². The van der Waals surface area contributed by atoms with E-state index in [-0.39, 0.29) is 6.61 Å². The summed E-state index contributed by atoms with van der Waals surface area (Å²) in [4.78, 5) is 9.81. The molecule has 0 aliphatic heterocycles. The molecule has 0 saturated heterocycles. The maximum absolute atomic E-state index is 12.0. The summed E-state index contributed by atoms with van der Waals surface area (Å²) in [6, 6.07) is 0. The Morgan fingerprint density at radius 2 is 1.41 bits per heavy atom. The van der Waals surface area contributed by atoms with Gasteiger partial charge in [0, 0.05) is 0 Å². The Hall–Kier alpha value is 0.540. The molecule has 1 unspecified atom stereocenters. The van der Waals surface area contributed by atoms with Gasteiger partial charge in [0.25, 0.3) is 0 Å². The number of rotatable bonds is 9. The number of phosphoric ester groups is 1. The van der Waals surface area contributed by atoms with E-state index < -0.39 is 14.7 Å². The first kappa shape index (κ1) is 17.5. The molecule has 0 aliphatic rings. The Morgan fingerprint density at radius 3 is 1.71 bits per heavy atom. The minimum atomic E-state index is -3.90. The third-order valence-electron chi connectivity index (χ3n) is 3.99. The molecule has 0 rings (SSSR count). The van der Waals surface area contributed by atoms with Gasteiger partial charge in [-0.25, -0.2) is 0 Å². The monoisotopic (exact) mass is 286 g/mol. The van der Waals surface area contributed by atoms with Crippen molar-refractivity contribution >= 4 is 14.7 Å². The van der Waals surface area contributed by atoms with Gasteiger partial charge in [-0.2, -0.15) is 0 Å². The molecule has 0 aliphatic carbocycles. The molecule has 0 aromatic heterocycles. The standard InChI is InChI=1S/C11H28O4P2/c1-6-11-14-16(12,13)15-17(7-2,8-3,9-4)10-5/h6-11H2,1-5H3,(H,12,13). The third-order valence-corrected chi connectivity index (χ3v) is 13.6. The molecule has 0 heterocycles. The van der Waals surface area contributed by atoms with Gasteiger partial charge >= 0.3 is 105 Å². The Balaban J connectivity index is 5.05. The van der Waals surface area contributed by atoms with Crippen molar-refractivity contribution < 1.29 is 18.3 Å². The fraction of sp³-hybridized carbons (Fsp3) is 1.00. The topological polar surface area (TPSA) is 55.8 Å². The van der Waals surface area contributed by atoms with E-state index in [0.717, 1.165) is 24.6 Å². The summed E-state index contributed by atoms with van der Waals surface area (Å²) >= 11 is 0. The normalized spacial score (nSPS) is 18.4. The fourth-order valence-corrected chi connectivity index (χ4v) is 9.56. The van der Waals surface area contributed by atoms with Crippen LogP contribution in [0.15, 0.2) is 0 Å². The van der Waals surface area contributed by atoms with Crippen molar-refractivity contribution in [2.75, 3.05) is 31.3 Å². The predicted octanol–water partition coefficient (Wildman–Crippen LogP) is 4.08. The van der Waals surface area contributed by atoms with E-state index in [0.29, 0.717) is 6.42 Å². The van der Waals surface area contributed by atoms with Crippen molar-refractivity contribution in [2.45, 2.75) is 41.0 Å². The molecule has 106 valence electrons. The van der Waals surface area contributed by atoms with Crippen LogP contribution in [0.5, 0.6) is 0 Å². The van der Waals surface area contributed by atoms with E-state index in [1.165, 1.54) is 0 Å². The zero-order valence-electron chi connectivity index (χ0n) is 11.8. The van der Waals surface area contributed by atoms with Gasteiger partial charge in [0.1, 0.15) is 0 Å². The zero-order chi connectivity index (χ0) is 13.6. The SMILES string of the molecule is CCCOP(=O)(O)OP(CC)(CC)(CC)CC. The third kappa shape index (κ3) is 4.29. The van der Waals surface area contributed by atoms with Crippen molar-refractivity contribution in [2.24, 2.45) is 0 Å². The molecular formula is C11H28O4P2. The molecular weight excluding hydrogens is 258 g/mol. The minimum absolute atomic E-state index is 0.265. The number of hydrogen-bond donors (Lipinski definition) is 1. The van der Waals surface area contributed by atoms with Crippen LogP contribution in [-0.2, 0) is 13.4 Å². The first-order valence-corrected chi connectivity index (χ1v) is 10.9. The molecule has 0 fully saturated rings. The fourth-order valence-electron chi connectivity index (χ4n) is 2.09. The van der Waals surface area contributed by atoms with E-state index in [1.54, 1.807) is 0 Å². The molecule has 0 aromatic rings.